The van der Waals surface area contributed by atoms with Crippen LogP contribution in [-0.4, -0.2) is 35.3 Å². The predicted molar refractivity (Wildman–Crippen MR) is 128 cm³/mol. The van der Waals surface area contributed by atoms with E-state index < -0.39 is 25.2 Å². The molecule has 2 N–H and O–H groups in total. The predicted octanol–water partition coefficient (Wildman–Crippen LogP) is 3.67. The Hall–Kier alpha value is -1.74. The van der Waals surface area contributed by atoms with Crippen molar-refractivity contribution >= 4 is 19.9 Å². The van der Waals surface area contributed by atoms with Gasteiger partial charge in [-0.1, -0.05) is 51.0 Å². The lowest BCUT2D eigenvalue weighted by atomic mass is 9.98. The highest BCUT2D eigenvalue weighted by Crippen LogP contribution is 2.28. The normalized spacial score (nSPS) is 16.7. The third-order valence-corrected chi connectivity index (χ3v) is 9.69. The Labute approximate surface area is 192 Å². The minimum absolute atomic E-state index is 0.0878. The molecule has 1 saturated heterocycles. The summed E-state index contributed by atoms with van der Waals surface area (Å²) >= 11 is 0. The van der Waals surface area contributed by atoms with E-state index in [0.717, 1.165) is 36.8 Å². The van der Waals surface area contributed by atoms with Gasteiger partial charge in [-0.2, -0.15) is 4.72 Å². The molecule has 0 spiro atoms. The molecule has 8 heteroatoms. The molecule has 2 aromatic carbocycles. The number of rotatable bonds is 10. The maximum atomic E-state index is 13.6. The summed E-state index contributed by atoms with van der Waals surface area (Å²) < 4.78 is 56.1. The fourth-order valence-electron chi connectivity index (χ4n) is 4.19. The van der Waals surface area contributed by atoms with Gasteiger partial charge in [0.2, 0.25) is 10.0 Å². The Bertz CT molecular complexity index is 1070. The smallest absolute Gasteiger partial charge is 0.241 e. The molecule has 6 nitrogen and oxygen atoms in total. The van der Waals surface area contributed by atoms with Crippen molar-refractivity contribution in [2.24, 2.45) is 5.92 Å². The Balaban J connectivity index is 1.93. The Morgan fingerprint density at radius 3 is 1.75 bits per heavy atom. The first kappa shape index (κ1) is 24.9. The molecule has 0 amide bonds. The van der Waals surface area contributed by atoms with Crippen LogP contribution in [0.2, 0.25) is 0 Å². The molecule has 0 aromatic heterocycles. The zero-order valence-corrected chi connectivity index (χ0v) is 20.5. The van der Waals surface area contributed by atoms with Crippen LogP contribution in [0.15, 0.2) is 58.3 Å². The van der Waals surface area contributed by atoms with Gasteiger partial charge in [-0.3, -0.25) is 0 Å². The lowest BCUT2D eigenvalue weighted by molar-refractivity contribution is 0.345. The summed E-state index contributed by atoms with van der Waals surface area (Å²) in [6.45, 7) is 5.47. The minimum atomic E-state index is -4.00. The number of aryl methyl sites for hydroxylation is 2. The van der Waals surface area contributed by atoms with Crippen molar-refractivity contribution in [2.45, 2.75) is 67.5 Å². The van der Waals surface area contributed by atoms with E-state index in [0.29, 0.717) is 25.9 Å². The molecule has 1 unspecified atom stereocenters. The van der Waals surface area contributed by atoms with E-state index in [-0.39, 0.29) is 15.7 Å². The molecule has 1 heterocycles. The van der Waals surface area contributed by atoms with Gasteiger partial charge in [-0.25, -0.2) is 16.8 Å². The third-order valence-electron chi connectivity index (χ3n) is 5.98. The number of nitrogens with one attached hydrogen (secondary N) is 2. The van der Waals surface area contributed by atoms with E-state index >= 15 is 0 Å². The highest BCUT2D eigenvalue weighted by Gasteiger charge is 2.38. The largest absolute Gasteiger partial charge is 0.317 e. The summed E-state index contributed by atoms with van der Waals surface area (Å²) in [5, 5.41) is 2.02. The fraction of sp³-hybridized carbons (Fsp3) is 0.500. The van der Waals surface area contributed by atoms with Crippen molar-refractivity contribution in [3.05, 3.63) is 59.7 Å². The standard InChI is InChI=1S/C24H34N2O4S2/c1-3-5-19-7-11-22(12-8-19)31(27,28)24(21-15-17-25-18-16-21)26-32(29,30)23-13-9-20(6-4-2)10-14-23/h7-14,21,24-26H,3-6,15-18H2,1-2H3. The molecule has 3 rings (SSSR count). The number of hydrogen-bond donors (Lipinski definition) is 2. The van der Waals surface area contributed by atoms with E-state index in [1.54, 1.807) is 36.4 Å². The van der Waals surface area contributed by atoms with Gasteiger partial charge in [-0.05, 0) is 80.1 Å². The van der Waals surface area contributed by atoms with Crippen molar-refractivity contribution in [1.82, 2.24) is 10.0 Å². The van der Waals surface area contributed by atoms with E-state index in [9.17, 15) is 16.8 Å². The maximum absolute atomic E-state index is 13.6. The average Bonchev–Trinajstić information content (AvgIpc) is 2.79. The van der Waals surface area contributed by atoms with Gasteiger partial charge in [0.25, 0.3) is 0 Å². The maximum Gasteiger partial charge on any atom is 0.241 e. The highest BCUT2D eigenvalue weighted by atomic mass is 32.2. The molecule has 1 atom stereocenters. The second-order valence-electron chi connectivity index (χ2n) is 8.46. The lowest BCUT2D eigenvalue weighted by Gasteiger charge is -2.31. The van der Waals surface area contributed by atoms with Crippen molar-refractivity contribution in [3.8, 4) is 0 Å². The average molecular weight is 479 g/mol. The summed E-state index contributed by atoms with van der Waals surface area (Å²) in [6.07, 6.45) is 4.87. The Kier molecular flexibility index (Phi) is 8.49. The summed E-state index contributed by atoms with van der Waals surface area (Å²) in [5.74, 6) is -0.300. The van der Waals surface area contributed by atoms with Crippen LogP contribution in [-0.2, 0) is 32.7 Å². The molecule has 176 valence electrons. The second kappa shape index (κ2) is 10.9. The van der Waals surface area contributed by atoms with Crippen LogP contribution in [0.5, 0.6) is 0 Å². The molecular formula is C24H34N2O4S2. The van der Waals surface area contributed by atoms with Crippen LogP contribution in [0.3, 0.4) is 0 Å². The van der Waals surface area contributed by atoms with Crippen LogP contribution in [0.1, 0.15) is 50.7 Å². The van der Waals surface area contributed by atoms with Crippen LogP contribution >= 0.6 is 0 Å². The topological polar surface area (TPSA) is 92.3 Å². The zero-order valence-electron chi connectivity index (χ0n) is 18.9. The number of hydrogen-bond acceptors (Lipinski definition) is 5. The van der Waals surface area contributed by atoms with E-state index in [2.05, 4.69) is 23.9 Å². The van der Waals surface area contributed by atoms with Gasteiger partial charge in [-0.15, -0.1) is 0 Å². The number of sulfonamides is 1. The van der Waals surface area contributed by atoms with Crippen molar-refractivity contribution < 1.29 is 16.8 Å². The molecular weight excluding hydrogens is 444 g/mol. The molecule has 32 heavy (non-hydrogen) atoms. The fourth-order valence-corrected chi connectivity index (χ4v) is 7.79. The Morgan fingerprint density at radius 2 is 1.28 bits per heavy atom. The molecule has 2 aromatic rings. The van der Waals surface area contributed by atoms with Crippen molar-refractivity contribution in [3.63, 3.8) is 0 Å². The summed E-state index contributed by atoms with van der Waals surface area (Å²) in [5.41, 5.74) is 2.12. The SMILES string of the molecule is CCCc1ccc(S(=O)(=O)NC(C2CCNCC2)S(=O)(=O)c2ccc(CCC)cc2)cc1. The van der Waals surface area contributed by atoms with Gasteiger partial charge in [0, 0.05) is 0 Å². The highest BCUT2D eigenvalue weighted by molar-refractivity contribution is 7.94. The summed E-state index contributed by atoms with van der Waals surface area (Å²) in [4.78, 5) is 0.242. The first-order chi connectivity index (χ1) is 15.3. The monoisotopic (exact) mass is 478 g/mol. The van der Waals surface area contributed by atoms with Gasteiger partial charge < -0.3 is 5.32 Å². The Morgan fingerprint density at radius 1 is 0.812 bits per heavy atom. The molecule has 0 aliphatic carbocycles. The lowest BCUT2D eigenvalue weighted by Crippen LogP contribution is -2.48. The van der Waals surface area contributed by atoms with Crippen LogP contribution in [0.4, 0.5) is 0 Å². The van der Waals surface area contributed by atoms with Gasteiger partial charge in [0.05, 0.1) is 9.79 Å². The summed E-state index contributed by atoms with van der Waals surface area (Å²) in [7, 11) is -7.91. The third kappa shape index (κ3) is 5.98. The molecule has 1 fully saturated rings. The first-order valence-electron chi connectivity index (χ1n) is 11.4. The molecule has 0 bridgehead atoms. The number of sulfone groups is 1. The number of benzene rings is 2. The van der Waals surface area contributed by atoms with Crippen LogP contribution in [0, 0.1) is 5.92 Å². The van der Waals surface area contributed by atoms with Crippen molar-refractivity contribution in [2.75, 3.05) is 13.1 Å². The van der Waals surface area contributed by atoms with Gasteiger partial charge in [0.1, 0.15) is 5.37 Å². The van der Waals surface area contributed by atoms with E-state index in [4.69, 9.17) is 0 Å². The number of piperidine rings is 1. The molecule has 0 saturated carbocycles. The summed E-state index contributed by atoms with van der Waals surface area (Å²) in [6, 6.07) is 13.5. The van der Waals surface area contributed by atoms with Crippen molar-refractivity contribution in [1.29, 1.82) is 0 Å². The quantitative estimate of drug-likeness (QED) is 0.544. The van der Waals surface area contributed by atoms with Crippen LogP contribution < -0.4 is 10.0 Å². The molecule has 0 radical (unpaired) electrons. The van der Waals surface area contributed by atoms with E-state index in [1.807, 2.05) is 12.1 Å². The van der Waals surface area contributed by atoms with Gasteiger partial charge in [0.15, 0.2) is 9.84 Å². The molecule has 1 aliphatic heterocycles. The van der Waals surface area contributed by atoms with E-state index in [1.165, 1.54) is 0 Å². The van der Waals surface area contributed by atoms with Gasteiger partial charge >= 0.3 is 0 Å². The zero-order chi connectivity index (χ0) is 23.2. The van der Waals surface area contributed by atoms with Crippen LogP contribution in [0.25, 0.3) is 0 Å². The molecule has 1 aliphatic rings. The minimum Gasteiger partial charge on any atom is -0.317 e. The first-order valence-corrected chi connectivity index (χ1v) is 14.5. The second-order valence-corrected chi connectivity index (χ2v) is 12.2.